The number of sulfonamides is 1. The van der Waals surface area contributed by atoms with Gasteiger partial charge in [-0.05, 0) is 31.0 Å². The van der Waals surface area contributed by atoms with Crippen molar-refractivity contribution >= 4 is 15.7 Å². The fraction of sp³-hybridized carbons (Fsp3) is 0.333. The fourth-order valence-electron chi connectivity index (χ4n) is 3.14. The molecule has 0 aromatic heterocycles. The van der Waals surface area contributed by atoms with Gasteiger partial charge in [-0.2, -0.15) is 0 Å². The molecule has 1 aliphatic heterocycles. The van der Waals surface area contributed by atoms with Gasteiger partial charge in [-0.25, -0.2) is 8.42 Å². The van der Waals surface area contributed by atoms with Gasteiger partial charge in [-0.3, -0.25) is 4.31 Å². The number of fused-ring (bicyclic) bond motifs is 1. The van der Waals surface area contributed by atoms with Crippen molar-refractivity contribution in [2.75, 3.05) is 25.1 Å². The van der Waals surface area contributed by atoms with Crippen LogP contribution >= 0.6 is 0 Å². The van der Waals surface area contributed by atoms with E-state index in [1.807, 2.05) is 19.1 Å². The molecule has 1 unspecified atom stereocenters. The van der Waals surface area contributed by atoms with E-state index in [1.54, 1.807) is 18.2 Å². The summed E-state index contributed by atoms with van der Waals surface area (Å²) in [7, 11) is -0.968. The van der Waals surface area contributed by atoms with Gasteiger partial charge in [0.25, 0.3) is 10.0 Å². The molecule has 0 saturated carbocycles. The quantitative estimate of drug-likeness (QED) is 0.904. The van der Waals surface area contributed by atoms with Crippen molar-refractivity contribution < 1.29 is 23.0 Å². The summed E-state index contributed by atoms with van der Waals surface area (Å²) in [6.07, 6.45) is -0.337. The Kier molecular flexibility index (Phi) is 4.62. The lowest BCUT2D eigenvalue weighted by Crippen LogP contribution is -2.37. The van der Waals surface area contributed by atoms with Crippen LogP contribution in [-0.2, 0) is 10.0 Å². The summed E-state index contributed by atoms with van der Waals surface area (Å²) < 4.78 is 38.5. The number of ether oxygens (including phenoxy) is 2. The van der Waals surface area contributed by atoms with Crippen molar-refractivity contribution in [2.45, 2.75) is 24.3 Å². The molecule has 6 nitrogen and oxygen atoms in total. The number of nitrogens with zero attached hydrogens (tertiary/aromatic N) is 1. The average molecular weight is 363 g/mol. The zero-order valence-corrected chi connectivity index (χ0v) is 15.2. The summed E-state index contributed by atoms with van der Waals surface area (Å²) in [4.78, 5) is 0.0416. The number of hydrogen-bond donors (Lipinski definition) is 1. The van der Waals surface area contributed by atoms with Crippen molar-refractivity contribution in [3.63, 3.8) is 0 Å². The van der Waals surface area contributed by atoms with Gasteiger partial charge in [0.05, 0.1) is 26.0 Å². The van der Waals surface area contributed by atoms with E-state index in [9.17, 15) is 13.5 Å². The molecule has 3 rings (SSSR count). The van der Waals surface area contributed by atoms with Crippen LogP contribution in [0.25, 0.3) is 0 Å². The van der Waals surface area contributed by atoms with Crippen molar-refractivity contribution in [1.29, 1.82) is 0 Å². The molecule has 2 aromatic rings. The Hall–Kier alpha value is -2.25. The Labute approximate surface area is 147 Å². The molecular formula is C18H21NO5S. The molecular weight excluding hydrogens is 342 g/mol. The Morgan fingerprint density at radius 2 is 1.92 bits per heavy atom. The minimum Gasteiger partial charge on any atom is -0.497 e. The second kappa shape index (κ2) is 6.57. The van der Waals surface area contributed by atoms with Crippen LogP contribution < -0.4 is 13.8 Å². The normalized spacial score (nSPS) is 17.1. The van der Waals surface area contributed by atoms with E-state index in [1.165, 1.54) is 24.6 Å². The molecule has 134 valence electrons. The molecule has 7 heteroatoms. The van der Waals surface area contributed by atoms with Crippen molar-refractivity contribution in [1.82, 2.24) is 0 Å². The maximum absolute atomic E-state index is 13.4. The van der Waals surface area contributed by atoms with Gasteiger partial charge in [-0.15, -0.1) is 0 Å². The van der Waals surface area contributed by atoms with Crippen LogP contribution in [0.1, 0.15) is 23.7 Å². The number of anilines is 1. The van der Waals surface area contributed by atoms with E-state index >= 15 is 0 Å². The predicted molar refractivity (Wildman–Crippen MR) is 94.8 cm³/mol. The number of benzene rings is 2. The second-order valence-corrected chi connectivity index (χ2v) is 7.74. The largest absolute Gasteiger partial charge is 0.497 e. The summed E-state index contributed by atoms with van der Waals surface area (Å²) in [5.41, 5.74) is 1.95. The molecule has 1 atom stereocenters. The van der Waals surface area contributed by atoms with Crippen LogP contribution in [-0.4, -0.2) is 34.3 Å². The Morgan fingerprint density at radius 1 is 1.16 bits per heavy atom. The highest BCUT2D eigenvalue weighted by atomic mass is 32.2. The van der Waals surface area contributed by atoms with Crippen LogP contribution in [0.2, 0.25) is 0 Å². The molecule has 25 heavy (non-hydrogen) atoms. The maximum Gasteiger partial charge on any atom is 0.268 e. The number of rotatable bonds is 4. The van der Waals surface area contributed by atoms with Gasteiger partial charge in [0.1, 0.15) is 16.4 Å². The molecule has 0 fully saturated rings. The number of aryl methyl sites for hydroxylation is 1. The lowest BCUT2D eigenvalue weighted by Gasteiger charge is -2.34. The highest BCUT2D eigenvalue weighted by molar-refractivity contribution is 7.93. The zero-order chi connectivity index (χ0) is 18.2. The minimum absolute atomic E-state index is 0.0416. The molecule has 2 aromatic carbocycles. The van der Waals surface area contributed by atoms with E-state index in [2.05, 4.69) is 0 Å². The molecule has 0 amide bonds. The number of methoxy groups -OCH3 is 2. The highest BCUT2D eigenvalue weighted by Gasteiger charge is 2.35. The van der Waals surface area contributed by atoms with Gasteiger partial charge in [-0.1, -0.05) is 18.2 Å². The summed E-state index contributed by atoms with van der Waals surface area (Å²) in [5, 5.41) is 10.3. The molecule has 0 spiro atoms. The monoisotopic (exact) mass is 363 g/mol. The lowest BCUT2D eigenvalue weighted by molar-refractivity contribution is 0.166. The number of aliphatic hydroxyl groups excluding tert-OH is 1. The summed E-state index contributed by atoms with van der Waals surface area (Å²) >= 11 is 0. The first-order valence-corrected chi connectivity index (χ1v) is 9.36. The molecule has 0 radical (unpaired) electrons. The Balaban J connectivity index is 2.19. The number of hydrogen-bond acceptors (Lipinski definition) is 5. The standard InChI is InChI=1S/C18H21NO5S/c1-12-5-4-6-14-15(20)9-10-19(18(12)14)25(21,22)17-11-13(23-2)7-8-16(17)24-3/h4-8,11,15,20H,9-10H2,1-3H3. The fourth-order valence-corrected chi connectivity index (χ4v) is 4.89. The third-order valence-electron chi connectivity index (χ3n) is 4.42. The lowest BCUT2D eigenvalue weighted by atomic mass is 9.98. The Morgan fingerprint density at radius 3 is 2.60 bits per heavy atom. The van der Waals surface area contributed by atoms with E-state index in [4.69, 9.17) is 9.47 Å². The molecule has 0 saturated heterocycles. The third-order valence-corrected chi connectivity index (χ3v) is 6.24. The van der Waals surface area contributed by atoms with Crippen LogP contribution in [0.3, 0.4) is 0 Å². The van der Waals surface area contributed by atoms with Gasteiger partial charge in [0.2, 0.25) is 0 Å². The number of aliphatic hydroxyl groups is 1. The summed E-state index contributed by atoms with van der Waals surface area (Å²) in [6.45, 7) is 2.03. The van der Waals surface area contributed by atoms with Gasteiger partial charge >= 0.3 is 0 Å². The van der Waals surface area contributed by atoms with Crippen molar-refractivity contribution in [3.05, 3.63) is 47.5 Å². The van der Waals surface area contributed by atoms with E-state index in [0.717, 1.165) is 5.56 Å². The van der Waals surface area contributed by atoms with Gasteiger partial charge < -0.3 is 14.6 Å². The molecule has 0 aliphatic carbocycles. The first kappa shape index (κ1) is 17.6. The van der Waals surface area contributed by atoms with Crippen LogP contribution in [0.15, 0.2) is 41.3 Å². The average Bonchev–Trinajstić information content (AvgIpc) is 2.62. The van der Waals surface area contributed by atoms with Crippen LogP contribution in [0.4, 0.5) is 5.69 Å². The minimum atomic E-state index is -3.88. The SMILES string of the molecule is COc1ccc(OC)c(S(=O)(=O)N2CCC(O)c3cccc(C)c32)c1. The first-order chi connectivity index (χ1) is 11.9. The third kappa shape index (κ3) is 2.94. The number of para-hydroxylation sites is 1. The second-order valence-electron chi connectivity index (χ2n) is 5.91. The van der Waals surface area contributed by atoms with Crippen LogP contribution in [0, 0.1) is 6.92 Å². The zero-order valence-electron chi connectivity index (χ0n) is 14.4. The highest BCUT2D eigenvalue weighted by Crippen LogP contribution is 2.41. The topological polar surface area (TPSA) is 76.1 Å². The molecule has 1 N–H and O–H groups in total. The van der Waals surface area contributed by atoms with E-state index in [-0.39, 0.29) is 17.2 Å². The van der Waals surface area contributed by atoms with Crippen molar-refractivity contribution in [3.8, 4) is 11.5 Å². The summed E-state index contributed by atoms with van der Waals surface area (Å²) in [6, 6.07) is 10.1. The van der Waals surface area contributed by atoms with Crippen LogP contribution in [0.5, 0.6) is 11.5 Å². The van der Waals surface area contributed by atoms with Crippen molar-refractivity contribution in [2.24, 2.45) is 0 Å². The smallest absolute Gasteiger partial charge is 0.268 e. The van der Waals surface area contributed by atoms with Gasteiger partial charge in [0, 0.05) is 18.2 Å². The summed E-state index contributed by atoms with van der Waals surface area (Å²) in [5.74, 6) is 0.684. The maximum atomic E-state index is 13.4. The van der Waals surface area contributed by atoms with Gasteiger partial charge in [0.15, 0.2) is 0 Å². The van der Waals surface area contributed by atoms with E-state index in [0.29, 0.717) is 23.4 Å². The molecule has 1 heterocycles. The predicted octanol–water partition coefficient (Wildman–Crippen LogP) is 2.64. The first-order valence-electron chi connectivity index (χ1n) is 7.92. The molecule has 0 bridgehead atoms. The molecule has 1 aliphatic rings. The Bertz CT molecular complexity index is 894. The van der Waals surface area contributed by atoms with E-state index < -0.39 is 16.1 Å².